The van der Waals surface area contributed by atoms with E-state index in [4.69, 9.17) is 5.26 Å². The number of rotatable bonds is 3. The highest BCUT2D eigenvalue weighted by molar-refractivity contribution is 7.86. The molecular weight excluding hydrogens is 318 g/mol. The smallest absolute Gasteiger partial charge is 0.355 e. The zero-order valence-electron chi connectivity index (χ0n) is 10.3. The molecule has 0 aliphatic carbocycles. The molecule has 0 saturated carbocycles. The summed E-state index contributed by atoms with van der Waals surface area (Å²) in [6, 6.07) is 4.22. The lowest BCUT2D eigenvalue weighted by atomic mass is 10.2. The molecule has 0 amide bonds. The lowest BCUT2D eigenvalue weighted by Gasteiger charge is -2.10. The Morgan fingerprint density at radius 2 is 2.05 bits per heavy atom. The fraction of sp³-hybridized carbons (Fsp3) is 0.200. The average Bonchev–Trinajstić information content (AvgIpc) is 2.33. The molecule has 0 fully saturated rings. The predicted octanol–water partition coefficient (Wildman–Crippen LogP) is 1.96. The van der Waals surface area contributed by atoms with Gasteiger partial charge >= 0.3 is 22.2 Å². The van der Waals surface area contributed by atoms with E-state index in [1.54, 1.807) is 0 Å². The van der Waals surface area contributed by atoms with Gasteiger partial charge in [0, 0.05) is 0 Å². The first-order valence-electron chi connectivity index (χ1n) is 5.03. The normalized spacial score (nSPS) is 12.7. The van der Waals surface area contributed by atoms with Crippen molar-refractivity contribution in [3.63, 3.8) is 0 Å². The van der Waals surface area contributed by atoms with E-state index in [9.17, 15) is 26.0 Å². The van der Waals surface area contributed by atoms with Crippen molar-refractivity contribution in [3.05, 3.63) is 29.6 Å². The first-order chi connectivity index (χ1) is 9.53. The zero-order valence-corrected chi connectivity index (χ0v) is 11.1. The maximum atomic E-state index is 13.0. The van der Waals surface area contributed by atoms with Crippen LogP contribution in [-0.4, -0.2) is 26.7 Å². The number of anilines is 1. The second-order valence-corrected chi connectivity index (χ2v) is 5.20. The van der Waals surface area contributed by atoms with Gasteiger partial charge in [0.1, 0.15) is 11.9 Å². The summed E-state index contributed by atoms with van der Waals surface area (Å²) in [5.74, 6) is -2.91. The maximum absolute atomic E-state index is 13.0. The van der Waals surface area contributed by atoms with Crippen LogP contribution in [0.25, 0.3) is 0 Å². The molecule has 0 radical (unpaired) electrons. The third-order valence-corrected chi connectivity index (χ3v) is 2.31. The van der Waals surface area contributed by atoms with Gasteiger partial charge < -0.3 is 4.18 Å². The van der Waals surface area contributed by atoms with Crippen molar-refractivity contribution in [1.82, 2.24) is 0 Å². The van der Waals surface area contributed by atoms with Gasteiger partial charge in [-0.15, -0.1) is 5.10 Å². The fourth-order valence-electron chi connectivity index (χ4n) is 1.07. The summed E-state index contributed by atoms with van der Waals surface area (Å²) in [6.45, 7) is 0. The van der Waals surface area contributed by atoms with Crippen molar-refractivity contribution >= 4 is 21.7 Å². The van der Waals surface area contributed by atoms with Crippen LogP contribution in [0.15, 0.2) is 23.3 Å². The number of hydrogen-bond acceptors (Lipinski definition) is 6. The first-order valence-corrected chi connectivity index (χ1v) is 6.84. The number of halogens is 4. The number of nitrogens with zero attached hydrogens (tertiary/aromatic N) is 2. The molecule has 0 aromatic heterocycles. The summed E-state index contributed by atoms with van der Waals surface area (Å²) >= 11 is 0. The lowest BCUT2D eigenvalue weighted by molar-refractivity contribution is -0.0707. The summed E-state index contributed by atoms with van der Waals surface area (Å²) in [6.07, 6.45) is -4.74. The van der Waals surface area contributed by atoms with Gasteiger partial charge in [0.25, 0.3) is 0 Å². The molecule has 0 spiro atoms. The highest BCUT2D eigenvalue weighted by atomic mass is 32.2. The van der Waals surface area contributed by atoms with Crippen LogP contribution in [0.1, 0.15) is 5.56 Å². The average molecular weight is 325 g/mol. The SMILES string of the molecule is CS(=O)(=O)O/C(=N\Nc1ccc(F)c(C#N)c1)C(F)(F)F. The van der Waals surface area contributed by atoms with Gasteiger partial charge in [-0.25, -0.2) is 4.39 Å². The summed E-state index contributed by atoms with van der Waals surface area (Å²) in [4.78, 5) is 0. The van der Waals surface area contributed by atoms with Crippen LogP contribution < -0.4 is 5.43 Å². The van der Waals surface area contributed by atoms with Gasteiger partial charge in [-0.2, -0.15) is 26.9 Å². The van der Waals surface area contributed by atoms with Crippen LogP contribution in [0.3, 0.4) is 0 Å². The van der Waals surface area contributed by atoms with Crippen LogP contribution in [0.5, 0.6) is 0 Å². The molecule has 1 rings (SSSR count). The Balaban J connectivity index is 3.06. The van der Waals surface area contributed by atoms with Crippen molar-refractivity contribution in [3.8, 4) is 6.07 Å². The molecule has 1 N–H and O–H groups in total. The fourth-order valence-corrected chi connectivity index (χ4v) is 1.49. The Morgan fingerprint density at radius 3 is 2.52 bits per heavy atom. The molecule has 0 unspecified atom stereocenters. The molecule has 0 saturated heterocycles. The molecule has 0 bridgehead atoms. The Bertz CT molecular complexity index is 707. The van der Waals surface area contributed by atoms with E-state index in [0.29, 0.717) is 6.26 Å². The monoisotopic (exact) mass is 325 g/mol. The lowest BCUT2D eigenvalue weighted by Crippen LogP contribution is -2.29. The topological polar surface area (TPSA) is 91.6 Å². The molecule has 114 valence electrons. The van der Waals surface area contributed by atoms with Crippen LogP contribution in [-0.2, 0) is 14.3 Å². The Hall–Kier alpha value is -2.35. The second kappa shape index (κ2) is 5.96. The second-order valence-electron chi connectivity index (χ2n) is 3.62. The van der Waals surface area contributed by atoms with Crippen molar-refractivity contribution in [2.75, 3.05) is 11.7 Å². The Morgan fingerprint density at radius 1 is 1.43 bits per heavy atom. The molecule has 6 nitrogen and oxygen atoms in total. The van der Waals surface area contributed by atoms with Gasteiger partial charge in [0.05, 0.1) is 17.5 Å². The molecule has 0 aliphatic heterocycles. The molecule has 1 aromatic rings. The van der Waals surface area contributed by atoms with Crippen LogP contribution in [0, 0.1) is 17.1 Å². The standard InChI is InChI=1S/C10H7F4N3O3S/c1-21(18,19)20-9(10(12,13)14)17-16-7-2-3-8(11)6(4-7)5-15/h2-4,16H,1H3/b17-9-. The largest absolute Gasteiger partial charge is 0.471 e. The zero-order chi connectivity index (χ0) is 16.3. The minimum atomic E-state index is -5.16. The van der Waals surface area contributed by atoms with E-state index in [0.717, 1.165) is 18.2 Å². The van der Waals surface area contributed by atoms with Crippen LogP contribution in [0.4, 0.5) is 23.2 Å². The van der Waals surface area contributed by atoms with Gasteiger partial charge in [0.2, 0.25) is 0 Å². The number of benzene rings is 1. The van der Waals surface area contributed by atoms with Gasteiger partial charge in [-0.3, -0.25) is 5.43 Å². The van der Waals surface area contributed by atoms with Gasteiger partial charge in [-0.1, -0.05) is 0 Å². The van der Waals surface area contributed by atoms with Gasteiger partial charge in [0.15, 0.2) is 0 Å². The number of hydrazone groups is 1. The number of alkyl halides is 3. The number of nitriles is 1. The maximum Gasteiger partial charge on any atom is 0.471 e. The molecule has 0 heterocycles. The predicted molar refractivity (Wildman–Crippen MR) is 64.2 cm³/mol. The van der Waals surface area contributed by atoms with E-state index in [1.807, 2.05) is 5.43 Å². The number of hydrogen-bond donors (Lipinski definition) is 1. The van der Waals surface area contributed by atoms with E-state index < -0.39 is 33.6 Å². The highest BCUT2D eigenvalue weighted by Gasteiger charge is 2.41. The minimum Gasteiger partial charge on any atom is -0.355 e. The molecule has 0 aliphatic rings. The molecule has 11 heteroatoms. The Kier molecular flexibility index (Phi) is 4.74. The number of nitrogens with one attached hydrogen (secondary N) is 1. The molecular formula is C10H7F4N3O3S. The molecule has 21 heavy (non-hydrogen) atoms. The van der Waals surface area contributed by atoms with Crippen LogP contribution in [0.2, 0.25) is 0 Å². The van der Waals surface area contributed by atoms with E-state index in [2.05, 4.69) is 9.28 Å². The summed E-state index contributed by atoms with van der Waals surface area (Å²) in [5.41, 5.74) is 1.25. The summed E-state index contributed by atoms with van der Waals surface area (Å²) in [5, 5.41) is 11.3. The van der Waals surface area contributed by atoms with Crippen molar-refractivity contribution in [2.45, 2.75) is 6.18 Å². The van der Waals surface area contributed by atoms with Crippen molar-refractivity contribution < 1.29 is 30.2 Å². The van der Waals surface area contributed by atoms with Crippen molar-refractivity contribution in [2.24, 2.45) is 5.10 Å². The third-order valence-electron chi connectivity index (χ3n) is 1.85. The van der Waals surface area contributed by atoms with Gasteiger partial charge in [-0.05, 0) is 18.2 Å². The Labute approximate surface area is 116 Å². The van der Waals surface area contributed by atoms with Crippen LogP contribution >= 0.6 is 0 Å². The third kappa shape index (κ3) is 5.27. The van der Waals surface area contributed by atoms with E-state index in [-0.39, 0.29) is 5.69 Å². The summed E-state index contributed by atoms with van der Waals surface area (Å²) in [7, 11) is -4.43. The quantitative estimate of drug-likeness (QED) is 0.301. The van der Waals surface area contributed by atoms with E-state index >= 15 is 0 Å². The highest BCUT2D eigenvalue weighted by Crippen LogP contribution is 2.20. The van der Waals surface area contributed by atoms with Crippen molar-refractivity contribution in [1.29, 1.82) is 5.26 Å². The molecule has 0 atom stereocenters. The minimum absolute atomic E-state index is 0.160. The molecule has 1 aromatic carbocycles. The van der Waals surface area contributed by atoms with E-state index in [1.165, 1.54) is 6.07 Å². The first kappa shape index (κ1) is 16.7. The summed E-state index contributed by atoms with van der Waals surface area (Å²) < 4.78 is 75.6.